The summed E-state index contributed by atoms with van der Waals surface area (Å²) in [6, 6.07) is 0. The van der Waals surface area contributed by atoms with Gasteiger partial charge in [0.15, 0.2) is 4.34 Å². The zero-order valence-corrected chi connectivity index (χ0v) is 6.67. The lowest BCUT2D eigenvalue weighted by Gasteiger charge is -1.91. The molecule has 1 aromatic heterocycles. The molecule has 0 bridgehead atoms. The fraction of sp³-hybridized carbons (Fsp3) is 0.400. The van der Waals surface area contributed by atoms with E-state index < -0.39 is 0 Å². The van der Waals surface area contributed by atoms with E-state index >= 15 is 0 Å². The van der Waals surface area contributed by atoms with Crippen LogP contribution < -0.4 is 0 Å². The number of nitrogens with zero attached hydrogens (tertiary/aromatic N) is 1. The monoisotopic (exact) mass is 161 g/mol. The molecule has 50 valence electrons. The molecule has 0 aliphatic heterocycles. The van der Waals surface area contributed by atoms with E-state index in [1.807, 2.05) is 5.38 Å². The highest BCUT2D eigenvalue weighted by atomic mass is 32.2. The highest BCUT2D eigenvalue weighted by molar-refractivity contribution is 8.00. The zero-order chi connectivity index (χ0) is 6.53. The Labute approximate surface area is 62.3 Å². The molecule has 0 radical (unpaired) electrons. The first-order chi connectivity index (χ1) is 4.43. The van der Waals surface area contributed by atoms with Crippen LogP contribution in [-0.4, -0.2) is 18.0 Å². The molecule has 0 atom stereocenters. The molecule has 0 saturated carbocycles. The molecule has 0 aliphatic rings. The Morgan fingerprint density at radius 1 is 1.89 bits per heavy atom. The normalized spacial score (nSPS) is 9.89. The molecular weight excluding hydrogens is 154 g/mol. The lowest BCUT2D eigenvalue weighted by atomic mass is 11.0. The van der Waals surface area contributed by atoms with Gasteiger partial charge in [-0.1, -0.05) is 11.8 Å². The van der Waals surface area contributed by atoms with Gasteiger partial charge in [0, 0.05) is 18.7 Å². The fourth-order valence-electron chi connectivity index (χ4n) is 0.391. The van der Waals surface area contributed by atoms with Crippen LogP contribution in [0.2, 0.25) is 0 Å². The number of aromatic nitrogens is 1. The predicted molar refractivity (Wildman–Crippen MR) is 39.8 cm³/mol. The van der Waals surface area contributed by atoms with E-state index in [0.29, 0.717) is 5.94 Å². The van der Waals surface area contributed by atoms with Gasteiger partial charge in [-0.2, -0.15) is 0 Å². The van der Waals surface area contributed by atoms with Crippen LogP contribution >= 0.6 is 23.1 Å². The predicted octanol–water partition coefficient (Wildman–Crippen LogP) is 1.84. The minimum atomic E-state index is 0.688. The van der Waals surface area contributed by atoms with E-state index in [4.69, 9.17) is 4.74 Å². The lowest BCUT2D eigenvalue weighted by molar-refractivity contribution is 0.259. The van der Waals surface area contributed by atoms with Crippen molar-refractivity contribution >= 4 is 23.1 Å². The Hall–Kier alpha value is -0.0600. The topological polar surface area (TPSA) is 22.1 Å². The average Bonchev–Trinajstić information content (AvgIpc) is 2.34. The summed E-state index contributed by atoms with van der Waals surface area (Å²) in [6.45, 7) is 0. The van der Waals surface area contributed by atoms with Crippen LogP contribution in [0.1, 0.15) is 0 Å². The molecule has 0 unspecified atom stereocenters. The SMILES string of the molecule is COCSc1nccs1. The van der Waals surface area contributed by atoms with Crippen LogP contribution in [0.3, 0.4) is 0 Å². The maximum atomic E-state index is 4.84. The summed E-state index contributed by atoms with van der Waals surface area (Å²) >= 11 is 3.25. The minimum Gasteiger partial charge on any atom is -0.374 e. The molecule has 4 heteroatoms. The maximum Gasteiger partial charge on any atom is 0.152 e. The zero-order valence-electron chi connectivity index (χ0n) is 5.03. The van der Waals surface area contributed by atoms with Crippen molar-refractivity contribution in [3.05, 3.63) is 11.6 Å². The Balaban J connectivity index is 2.30. The largest absolute Gasteiger partial charge is 0.374 e. The highest BCUT2D eigenvalue weighted by Gasteiger charge is 1.92. The third-order valence-electron chi connectivity index (χ3n) is 0.710. The molecule has 0 saturated heterocycles. The third-order valence-corrected chi connectivity index (χ3v) is 2.62. The molecule has 0 amide bonds. The van der Waals surface area contributed by atoms with Crippen molar-refractivity contribution in [2.45, 2.75) is 4.34 Å². The van der Waals surface area contributed by atoms with E-state index in [2.05, 4.69) is 4.98 Å². The van der Waals surface area contributed by atoms with Gasteiger partial charge in [0.1, 0.15) is 0 Å². The molecular formula is C5H7NOS2. The van der Waals surface area contributed by atoms with Crippen LogP contribution in [0.5, 0.6) is 0 Å². The number of thiazole rings is 1. The molecule has 0 aromatic carbocycles. The molecule has 1 aromatic rings. The number of thioether (sulfide) groups is 1. The van der Waals surface area contributed by atoms with Gasteiger partial charge in [0.2, 0.25) is 0 Å². The second-order valence-corrected chi connectivity index (χ2v) is 3.41. The third kappa shape index (κ3) is 2.34. The van der Waals surface area contributed by atoms with Gasteiger partial charge in [-0.3, -0.25) is 0 Å². The molecule has 2 nitrogen and oxygen atoms in total. The molecule has 0 fully saturated rings. The van der Waals surface area contributed by atoms with E-state index in [1.54, 1.807) is 36.4 Å². The van der Waals surface area contributed by atoms with Crippen molar-refractivity contribution in [2.75, 3.05) is 13.0 Å². The Morgan fingerprint density at radius 3 is 3.33 bits per heavy atom. The van der Waals surface area contributed by atoms with Gasteiger partial charge in [-0.15, -0.1) is 11.3 Å². The van der Waals surface area contributed by atoms with Crippen molar-refractivity contribution < 1.29 is 4.74 Å². The molecule has 0 N–H and O–H groups in total. The van der Waals surface area contributed by atoms with Crippen molar-refractivity contribution in [2.24, 2.45) is 0 Å². The van der Waals surface area contributed by atoms with Gasteiger partial charge < -0.3 is 4.74 Å². The fourth-order valence-corrected chi connectivity index (χ4v) is 1.69. The molecule has 1 heterocycles. The quantitative estimate of drug-likeness (QED) is 0.499. The minimum absolute atomic E-state index is 0.688. The van der Waals surface area contributed by atoms with E-state index in [1.165, 1.54) is 0 Å². The number of rotatable bonds is 3. The first kappa shape index (κ1) is 7.05. The second-order valence-electron chi connectivity index (χ2n) is 1.35. The van der Waals surface area contributed by atoms with Gasteiger partial charge in [-0.05, 0) is 0 Å². The van der Waals surface area contributed by atoms with Crippen molar-refractivity contribution in [1.29, 1.82) is 0 Å². The summed E-state index contributed by atoms with van der Waals surface area (Å²) in [4.78, 5) is 4.06. The van der Waals surface area contributed by atoms with Crippen LogP contribution in [0.25, 0.3) is 0 Å². The summed E-state index contributed by atoms with van der Waals surface area (Å²) in [5.74, 6) is 0.688. The molecule has 0 aliphatic carbocycles. The van der Waals surface area contributed by atoms with Crippen LogP contribution in [0, 0.1) is 0 Å². The molecule has 9 heavy (non-hydrogen) atoms. The van der Waals surface area contributed by atoms with Crippen LogP contribution in [-0.2, 0) is 4.74 Å². The maximum absolute atomic E-state index is 4.84. The Morgan fingerprint density at radius 2 is 2.78 bits per heavy atom. The van der Waals surface area contributed by atoms with Gasteiger partial charge in [-0.25, -0.2) is 4.98 Å². The number of hydrogen-bond donors (Lipinski definition) is 0. The summed E-state index contributed by atoms with van der Waals surface area (Å²) in [6.07, 6.45) is 1.79. The smallest absolute Gasteiger partial charge is 0.152 e. The van der Waals surface area contributed by atoms with Crippen molar-refractivity contribution in [3.63, 3.8) is 0 Å². The van der Waals surface area contributed by atoms with Crippen molar-refractivity contribution in [3.8, 4) is 0 Å². The first-order valence-corrected chi connectivity index (χ1v) is 4.31. The summed E-state index contributed by atoms with van der Waals surface area (Å²) in [5, 5.41) is 1.96. The first-order valence-electron chi connectivity index (χ1n) is 2.44. The van der Waals surface area contributed by atoms with E-state index in [9.17, 15) is 0 Å². The van der Waals surface area contributed by atoms with Gasteiger partial charge in [0.25, 0.3) is 0 Å². The molecule has 1 rings (SSSR count). The van der Waals surface area contributed by atoms with E-state index in [0.717, 1.165) is 4.34 Å². The number of ether oxygens (including phenoxy) is 1. The standard InChI is InChI=1S/C5H7NOS2/c1-7-4-9-5-6-2-3-8-5/h2-3H,4H2,1H3. The van der Waals surface area contributed by atoms with Crippen LogP contribution in [0.4, 0.5) is 0 Å². The summed E-state index contributed by atoms with van der Waals surface area (Å²) in [5.41, 5.74) is 0. The highest BCUT2D eigenvalue weighted by Crippen LogP contribution is 2.19. The second kappa shape index (κ2) is 3.87. The number of hydrogen-bond acceptors (Lipinski definition) is 4. The molecule has 0 spiro atoms. The van der Waals surface area contributed by atoms with Crippen molar-refractivity contribution in [1.82, 2.24) is 4.98 Å². The van der Waals surface area contributed by atoms with Gasteiger partial charge >= 0.3 is 0 Å². The average molecular weight is 161 g/mol. The lowest BCUT2D eigenvalue weighted by Crippen LogP contribution is -1.78. The van der Waals surface area contributed by atoms with E-state index in [-0.39, 0.29) is 0 Å². The summed E-state index contributed by atoms with van der Waals surface area (Å²) in [7, 11) is 1.68. The Bertz CT molecular complexity index is 152. The summed E-state index contributed by atoms with van der Waals surface area (Å²) < 4.78 is 5.91. The van der Waals surface area contributed by atoms with Gasteiger partial charge in [0.05, 0.1) is 5.94 Å². The number of methoxy groups -OCH3 is 1. The van der Waals surface area contributed by atoms with Crippen LogP contribution in [0.15, 0.2) is 15.9 Å². The Kier molecular flexibility index (Phi) is 3.03.